The number of carbonyl (C=O) groups excluding carboxylic acids is 1. The van der Waals surface area contributed by atoms with Crippen molar-refractivity contribution < 1.29 is 30.9 Å². The molecule has 0 saturated carbocycles. The molecular weight excluding hydrogens is 596 g/mol. The number of carbonyl (C=O) groups is 1. The van der Waals surface area contributed by atoms with E-state index in [1.807, 2.05) is 24.3 Å². The van der Waals surface area contributed by atoms with E-state index in [4.69, 9.17) is 0 Å². The lowest BCUT2D eigenvalue weighted by Crippen LogP contribution is -2.31. The van der Waals surface area contributed by atoms with Crippen LogP contribution in [-0.4, -0.2) is 23.9 Å². The van der Waals surface area contributed by atoms with Crippen LogP contribution in [0, 0.1) is 0 Å². The van der Waals surface area contributed by atoms with E-state index in [9.17, 15) is 30.9 Å². The van der Waals surface area contributed by atoms with Crippen molar-refractivity contribution in [2.75, 3.05) is 10.6 Å². The molecule has 6 rings (SSSR count). The third-order valence-electron chi connectivity index (χ3n) is 6.58. The monoisotopic (exact) mass is 613 g/mol. The fourth-order valence-corrected chi connectivity index (χ4v) is 8.18. The maximum Gasteiger partial charge on any atom is 0.416 e. The Labute approximate surface area is 240 Å². The van der Waals surface area contributed by atoms with Crippen LogP contribution in [0.5, 0.6) is 0 Å². The molecule has 2 heterocycles. The first-order valence-corrected chi connectivity index (χ1v) is 15.1. The van der Waals surface area contributed by atoms with Gasteiger partial charge in [-0.05, 0) is 60.2 Å². The first kappa shape index (κ1) is 27.3. The van der Waals surface area contributed by atoms with Crippen LogP contribution in [-0.2, 0) is 21.2 Å². The summed E-state index contributed by atoms with van der Waals surface area (Å²) in [5.74, 6) is -0.591. The minimum Gasteiger partial charge on any atom is -0.362 e. The van der Waals surface area contributed by atoms with Gasteiger partial charge in [0.15, 0.2) is 0 Å². The van der Waals surface area contributed by atoms with Crippen LogP contribution >= 0.6 is 23.1 Å². The molecule has 0 aliphatic carbocycles. The zero-order valence-corrected chi connectivity index (χ0v) is 23.1. The molecule has 0 saturated heterocycles. The maximum absolute atomic E-state index is 12.9. The van der Waals surface area contributed by atoms with Gasteiger partial charge in [0.1, 0.15) is 9.77 Å². The zero-order chi connectivity index (χ0) is 29.0. The van der Waals surface area contributed by atoms with E-state index in [-0.39, 0.29) is 10.5 Å². The highest BCUT2D eigenvalue weighted by molar-refractivity contribution is 8.01. The summed E-state index contributed by atoms with van der Waals surface area (Å²) in [5, 5.41) is 6.12. The number of benzene rings is 4. The van der Waals surface area contributed by atoms with Crippen LogP contribution in [0.2, 0.25) is 0 Å². The number of nitrogens with zero attached hydrogens (tertiary/aromatic N) is 1. The van der Waals surface area contributed by atoms with E-state index in [1.54, 1.807) is 36.4 Å². The van der Waals surface area contributed by atoms with Crippen molar-refractivity contribution in [2.24, 2.45) is 0 Å². The molecule has 1 unspecified atom stereocenters. The van der Waals surface area contributed by atoms with E-state index in [1.165, 1.54) is 17.3 Å². The minimum atomic E-state index is -4.68. The number of alkyl halides is 3. The molecule has 0 fully saturated rings. The summed E-state index contributed by atoms with van der Waals surface area (Å²) in [6, 6.07) is 21.3. The molecule has 0 bridgehead atoms. The number of hydrogen-bond acceptors (Lipinski definition) is 7. The van der Waals surface area contributed by atoms with Crippen LogP contribution in [0.3, 0.4) is 0 Å². The second-order valence-electron chi connectivity index (χ2n) is 9.13. The van der Waals surface area contributed by atoms with Crippen molar-refractivity contribution in [3.05, 3.63) is 113 Å². The van der Waals surface area contributed by atoms with E-state index < -0.39 is 32.6 Å². The van der Waals surface area contributed by atoms with Crippen LogP contribution in [0.15, 0.2) is 100 Å². The summed E-state index contributed by atoms with van der Waals surface area (Å²) in [6.45, 7) is 0. The SMILES string of the molecule is O=C(Nc1ccc(C2(c3ccc4ncsc4c3S(=O)(=O)O)Nc3ccccc3S2)cc1)c1ccc(C(F)(F)F)cc1. The number of fused-ring (bicyclic) bond motifs is 2. The predicted octanol–water partition coefficient (Wildman–Crippen LogP) is 7.23. The van der Waals surface area contributed by atoms with Crippen LogP contribution < -0.4 is 10.6 Å². The molecule has 4 aromatic carbocycles. The number of hydrogen-bond donors (Lipinski definition) is 3. The topological polar surface area (TPSA) is 108 Å². The average Bonchev–Trinajstić information content (AvgIpc) is 3.57. The number of aromatic nitrogens is 1. The molecule has 3 N–H and O–H groups in total. The Morgan fingerprint density at radius 3 is 2.32 bits per heavy atom. The van der Waals surface area contributed by atoms with Gasteiger partial charge in [-0.2, -0.15) is 21.6 Å². The number of halogens is 3. The number of nitrogens with one attached hydrogen (secondary N) is 2. The molecule has 208 valence electrons. The Morgan fingerprint density at radius 2 is 1.66 bits per heavy atom. The summed E-state index contributed by atoms with van der Waals surface area (Å²) < 4.78 is 74.8. The van der Waals surface area contributed by atoms with E-state index >= 15 is 0 Å². The molecular formula is C28H18F3N3O4S3. The molecule has 1 aliphatic rings. The summed E-state index contributed by atoms with van der Waals surface area (Å²) in [4.78, 5) is 16.3. The fourth-order valence-electron chi connectivity index (χ4n) is 4.69. The number of para-hydroxylation sites is 1. The second-order valence-corrected chi connectivity index (χ2v) is 12.6. The molecule has 41 heavy (non-hydrogen) atoms. The highest BCUT2D eigenvalue weighted by Crippen LogP contribution is 2.56. The lowest BCUT2D eigenvalue weighted by Gasteiger charge is -2.32. The van der Waals surface area contributed by atoms with Crippen LogP contribution in [0.4, 0.5) is 24.5 Å². The summed E-state index contributed by atoms with van der Waals surface area (Å²) in [7, 11) is -4.68. The highest BCUT2D eigenvalue weighted by atomic mass is 32.2. The fraction of sp³-hybridized carbons (Fsp3) is 0.0714. The second kappa shape index (κ2) is 9.87. The Kier molecular flexibility index (Phi) is 6.57. The van der Waals surface area contributed by atoms with Crippen molar-refractivity contribution in [1.29, 1.82) is 0 Å². The van der Waals surface area contributed by atoms with Crippen LogP contribution in [0.1, 0.15) is 27.0 Å². The molecule has 0 radical (unpaired) electrons. The van der Waals surface area contributed by atoms with Gasteiger partial charge in [-0.25, -0.2) is 4.98 Å². The number of amides is 1. The Balaban J connectivity index is 1.39. The molecule has 1 amide bonds. The van der Waals surface area contributed by atoms with Gasteiger partial charge in [0, 0.05) is 27.4 Å². The Hall–Kier alpha value is -3.91. The van der Waals surface area contributed by atoms with Crippen LogP contribution in [0.25, 0.3) is 10.2 Å². The smallest absolute Gasteiger partial charge is 0.362 e. The molecule has 13 heteroatoms. The maximum atomic E-state index is 12.9. The molecule has 7 nitrogen and oxygen atoms in total. The van der Waals surface area contributed by atoms with Gasteiger partial charge >= 0.3 is 6.18 Å². The molecule has 5 aromatic rings. The van der Waals surface area contributed by atoms with Crippen molar-refractivity contribution in [3.8, 4) is 0 Å². The number of thiazole rings is 1. The lowest BCUT2D eigenvalue weighted by atomic mass is 9.96. The summed E-state index contributed by atoms with van der Waals surface area (Å²) >= 11 is 2.47. The van der Waals surface area contributed by atoms with Crippen molar-refractivity contribution in [3.63, 3.8) is 0 Å². The average molecular weight is 614 g/mol. The summed E-state index contributed by atoms with van der Waals surface area (Å²) in [5.41, 5.74) is 3.21. The first-order chi connectivity index (χ1) is 19.5. The Bertz CT molecular complexity index is 1880. The van der Waals surface area contributed by atoms with Crippen molar-refractivity contribution >= 4 is 60.7 Å². The van der Waals surface area contributed by atoms with Gasteiger partial charge < -0.3 is 10.6 Å². The summed E-state index contributed by atoms with van der Waals surface area (Å²) in [6.07, 6.45) is -4.51. The Morgan fingerprint density at radius 1 is 0.951 bits per heavy atom. The number of anilines is 2. The molecule has 1 aromatic heterocycles. The minimum absolute atomic E-state index is 0.0534. The molecule has 1 atom stereocenters. The quantitative estimate of drug-likeness (QED) is 0.180. The van der Waals surface area contributed by atoms with Crippen molar-refractivity contribution in [2.45, 2.75) is 20.8 Å². The van der Waals surface area contributed by atoms with Gasteiger partial charge in [0.2, 0.25) is 0 Å². The van der Waals surface area contributed by atoms with E-state index in [2.05, 4.69) is 15.6 Å². The normalized spacial score (nSPS) is 16.8. The predicted molar refractivity (Wildman–Crippen MR) is 152 cm³/mol. The first-order valence-electron chi connectivity index (χ1n) is 12.0. The van der Waals surface area contributed by atoms with Gasteiger partial charge in [0.25, 0.3) is 16.0 Å². The molecule has 0 spiro atoms. The largest absolute Gasteiger partial charge is 0.416 e. The molecule has 1 aliphatic heterocycles. The number of thioether (sulfide) groups is 1. The van der Waals surface area contributed by atoms with E-state index in [0.717, 1.165) is 46.2 Å². The van der Waals surface area contributed by atoms with Gasteiger partial charge in [-0.1, -0.05) is 42.1 Å². The van der Waals surface area contributed by atoms with Gasteiger partial charge in [0.05, 0.1) is 21.3 Å². The van der Waals surface area contributed by atoms with Gasteiger partial charge in [-0.3, -0.25) is 9.35 Å². The van der Waals surface area contributed by atoms with E-state index in [0.29, 0.717) is 27.0 Å². The lowest BCUT2D eigenvalue weighted by molar-refractivity contribution is -0.137. The highest BCUT2D eigenvalue weighted by Gasteiger charge is 2.45. The van der Waals surface area contributed by atoms with Gasteiger partial charge in [-0.15, -0.1) is 11.3 Å². The third kappa shape index (κ3) is 4.95. The zero-order valence-electron chi connectivity index (χ0n) is 20.6. The third-order valence-corrected chi connectivity index (χ3v) is 9.94. The number of rotatable bonds is 5. The standard InChI is InChI=1S/C28H18F3N3O4S3/c29-28(30,31)18-7-5-16(6-8-18)26(35)33-19-11-9-17(10-12-19)27(34-21-3-1-2-4-23(21)40-27)20-13-14-22-24(39-15-32-22)25(20)41(36,37)38/h1-15,34H,(H,33,35)(H,36,37,38). The van der Waals surface area contributed by atoms with Crippen molar-refractivity contribution in [1.82, 2.24) is 4.98 Å².